The summed E-state index contributed by atoms with van der Waals surface area (Å²) in [6.45, 7) is 5.36. The van der Waals surface area contributed by atoms with E-state index in [0.717, 1.165) is 19.5 Å². The zero-order chi connectivity index (χ0) is 11.6. The second-order valence-electron chi connectivity index (χ2n) is 4.91. The topological polar surface area (TPSA) is 61.8 Å². The zero-order valence-electron chi connectivity index (χ0n) is 10.1. The third kappa shape index (κ3) is 3.10. The SMILES string of the molecule is CC1(C(=O)N2CCOC(CO)C2)CCNC1.Cl. The van der Waals surface area contributed by atoms with Crippen molar-refractivity contribution in [3.05, 3.63) is 0 Å². The van der Waals surface area contributed by atoms with Crippen LogP contribution in [0.5, 0.6) is 0 Å². The van der Waals surface area contributed by atoms with Crippen molar-refractivity contribution in [3.63, 3.8) is 0 Å². The van der Waals surface area contributed by atoms with E-state index in [2.05, 4.69) is 5.32 Å². The van der Waals surface area contributed by atoms with E-state index >= 15 is 0 Å². The molecule has 2 unspecified atom stereocenters. The monoisotopic (exact) mass is 264 g/mol. The highest BCUT2D eigenvalue weighted by Gasteiger charge is 2.40. The lowest BCUT2D eigenvalue weighted by atomic mass is 9.88. The molecule has 0 aliphatic carbocycles. The first-order chi connectivity index (χ1) is 7.65. The second kappa shape index (κ2) is 6.00. The van der Waals surface area contributed by atoms with Crippen LogP contribution in [0.4, 0.5) is 0 Å². The molecule has 17 heavy (non-hydrogen) atoms. The van der Waals surface area contributed by atoms with E-state index in [4.69, 9.17) is 9.84 Å². The molecule has 0 radical (unpaired) electrons. The van der Waals surface area contributed by atoms with Gasteiger partial charge in [-0.15, -0.1) is 12.4 Å². The van der Waals surface area contributed by atoms with E-state index < -0.39 is 0 Å². The fourth-order valence-electron chi connectivity index (χ4n) is 2.40. The van der Waals surface area contributed by atoms with Crippen molar-refractivity contribution in [2.45, 2.75) is 19.4 Å². The Balaban J connectivity index is 0.00000144. The number of hydrogen-bond acceptors (Lipinski definition) is 4. The molecular weight excluding hydrogens is 244 g/mol. The van der Waals surface area contributed by atoms with Crippen LogP contribution in [-0.4, -0.2) is 61.4 Å². The Morgan fingerprint density at radius 1 is 1.65 bits per heavy atom. The van der Waals surface area contributed by atoms with Gasteiger partial charge >= 0.3 is 0 Å². The number of nitrogens with one attached hydrogen (secondary N) is 1. The van der Waals surface area contributed by atoms with E-state index in [1.54, 1.807) is 0 Å². The molecule has 0 saturated carbocycles. The Morgan fingerprint density at radius 3 is 3.00 bits per heavy atom. The number of carbonyl (C=O) groups is 1. The summed E-state index contributed by atoms with van der Waals surface area (Å²) >= 11 is 0. The van der Waals surface area contributed by atoms with Gasteiger partial charge in [0.15, 0.2) is 0 Å². The lowest BCUT2D eigenvalue weighted by Crippen LogP contribution is -2.52. The summed E-state index contributed by atoms with van der Waals surface area (Å²) in [5.74, 6) is 0.194. The molecule has 0 aromatic rings. The molecule has 1 amide bonds. The Morgan fingerprint density at radius 2 is 2.41 bits per heavy atom. The minimum atomic E-state index is -0.267. The highest BCUT2D eigenvalue weighted by Crippen LogP contribution is 2.27. The summed E-state index contributed by atoms with van der Waals surface area (Å²) in [5.41, 5.74) is -0.267. The van der Waals surface area contributed by atoms with Crippen LogP contribution in [0.15, 0.2) is 0 Å². The molecule has 2 fully saturated rings. The zero-order valence-corrected chi connectivity index (χ0v) is 11.0. The average molecular weight is 265 g/mol. The summed E-state index contributed by atoms with van der Waals surface area (Å²) in [7, 11) is 0. The summed E-state index contributed by atoms with van der Waals surface area (Å²) in [6.07, 6.45) is 0.683. The molecule has 2 aliphatic heterocycles. The fraction of sp³-hybridized carbons (Fsp3) is 0.909. The molecular formula is C11H21ClN2O3. The standard InChI is InChI=1S/C11H20N2O3.ClH/c1-11(2-3-12-8-11)10(15)13-4-5-16-9(6-13)7-14;/h9,12,14H,2-8H2,1H3;1H. The fourth-order valence-corrected chi connectivity index (χ4v) is 2.40. The molecule has 6 heteroatoms. The van der Waals surface area contributed by atoms with Crippen LogP contribution in [-0.2, 0) is 9.53 Å². The van der Waals surface area contributed by atoms with Crippen molar-refractivity contribution < 1.29 is 14.6 Å². The van der Waals surface area contributed by atoms with Crippen LogP contribution in [0.3, 0.4) is 0 Å². The molecule has 5 nitrogen and oxygen atoms in total. The van der Waals surface area contributed by atoms with E-state index in [9.17, 15) is 4.79 Å². The summed E-state index contributed by atoms with van der Waals surface area (Å²) in [4.78, 5) is 14.2. The van der Waals surface area contributed by atoms with Crippen LogP contribution in [0.25, 0.3) is 0 Å². The van der Waals surface area contributed by atoms with Crippen LogP contribution in [0.1, 0.15) is 13.3 Å². The molecule has 0 bridgehead atoms. The highest BCUT2D eigenvalue weighted by atomic mass is 35.5. The van der Waals surface area contributed by atoms with Crippen molar-refractivity contribution in [1.29, 1.82) is 0 Å². The largest absolute Gasteiger partial charge is 0.394 e. The summed E-state index contributed by atoms with van der Waals surface area (Å²) < 4.78 is 5.34. The summed E-state index contributed by atoms with van der Waals surface area (Å²) in [5, 5.41) is 12.3. The second-order valence-corrected chi connectivity index (χ2v) is 4.91. The van der Waals surface area contributed by atoms with Crippen LogP contribution in [0.2, 0.25) is 0 Å². The molecule has 100 valence electrons. The molecule has 0 spiro atoms. The maximum Gasteiger partial charge on any atom is 0.230 e. The van der Waals surface area contributed by atoms with Crippen LogP contribution >= 0.6 is 12.4 Å². The van der Waals surface area contributed by atoms with Crippen molar-refractivity contribution in [2.24, 2.45) is 5.41 Å². The molecule has 2 N–H and O–H groups in total. The van der Waals surface area contributed by atoms with Crippen LogP contribution < -0.4 is 5.32 Å². The number of aliphatic hydroxyl groups is 1. The number of nitrogens with zero attached hydrogens (tertiary/aromatic N) is 1. The first-order valence-corrected chi connectivity index (χ1v) is 5.88. The third-order valence-electron chi connectivity index (χ3n) is 3.51. The van der Waals surface area contributed by atoms with Gasteiger partial charge in [0.05, 0.1) is 24.7 Å². The number of halogens is 1. The van der Waals surface area contributed by atoms with Gasteiger partial charge < -0.3 is 20.1 Å². The van der Waals surface area contributed by atoms with E-state index in [1.807, 2.05) is 11.8 Å². The van der Waals surface area contributed by atoms with Gasteiger partial charge in [0, 0.05) is 19.6 Å². The minimum Gasteiger partial charge on any atom is -0.394 e. The maximum absolute atomic E-state index is 12.3. The van der Waals surface area contributed by atoms with Crippen molar-refractivity contribution in [3.8, 4) is 0 Å². The van der Waals surface area contributed by atoms with Crippen molar-refractivity contribution in [1.82, 2.24) is 10.2 Å². The molecule has 2 heterocycles. The normalized spacial score (nSPS) is 33.3. The predicted molar refractivity (Wildman–Crippen MR) is 66.2 cm³/mol. The Kier molecular flexibility index (Phi) is 5.19. The number of morpholine rings is 1. The van der Waals surface area contributed by atoms with Crippen LogP contribution in [0, 0.1) is 5.41 Å². The number of carbonyl (C=O) groups excluding carboxylic acids is 1. The Labute approximate surface area is 108 Å². The van der Waals surface area contributed by atoms with Crippen molar-refractivity contribution in [2.75, 3.05) is 39.4 Å². The number of aliphatic hydroxyl groups excluding tert-OH is 1. The lowest BCUT2D eigenvalue weighted by molar-refractivity contribution is -0.149. The van der Waals surface area contributed by atoms with Crippen molar-refractivity contribution >= 4 is 18.3 Å². The van der Waals surface area contributed by atoms with Gasteiger partial charge in [0.1, 0.15) is 0 Å². The first-order valence-electron chi connectivity index (χ1n) is 5.88. The molecule has 0 aromatic heterocycles. The number of amides is 1. The van der Waals surface area contributed by atoms with Gasteiger partial charge in [-0.1, -0.05) is 0 Å². The smallest absolute Gasteiger partial charge is 0.230 e. The number of hydrogen-bond donors (Lipinski definition) is 2. The lowest BCUT2D eigenvalue weighted by Gasteiger charge is -2.36. The quantitative estimate of drug-likeness (QED) is 0.714. The molecule has 2 aliphatic rings. The third-order valence-corrected chi connectivity index (χ3v) is 3.51. The Bertz CT molecular complexity index is 269. The minimum absolute atomic E-state index is 0. The van der Waals surface area contributed by atoms with E-state index in [1.165, 1.54) is 0 Å². The van der Waals surface area contributed by atoms with E-state index in [-0.39, 0.29) is 36.4 Å². The average Bonchev–Trinajstić information content (AvgIpc) is 2.76. The molecule has 2 atom stereocenters. The molecule has 0 aromatic carbocycles. The van der Waals surface area contributed by atoms with Gasteiger partial charge in [-0.25, -0.2) is 0 Å². The van der Waals surface area contributed by atoms with Gasteiger partial charge in [-0.2, -0.15) is 0 Å². The molecule has 2 saturated heterocycles. The highest BCUT2D eigenvalue weighted by molar-refractivity contribution is 5.85. The Hall–Kier alpha value is -0.360. The molecule has 2 rings (SSSR count). The van der Waals surface area contributed by atoms with Gasteiger partial charge in [0.2, 0.25) is 5.91 Å². The van der Waals surface area contributed by atoms with Gasteiger partial charge in [-0.3, -0.25) is 4.79 Å². The number of rotatable bonds is 2. The summed E-state index contributed by atoms with van der Waals surface area (Å²) in [6, 6.07) is 0. The van der Waals surface area contributed by atoms with E-state index in [0.29, 0.717) is 19.7 Å². The van der Waals surface area contributed by atoms with Gasteiger partial charge in [-0.05, 0) is 19.9 Å². The van der Waals surface area contributed by atoms with Gasteiger partial charge in [0.25, 0.3) is 0 Å². The first kappa shape index (κ1) is 14.7. The predicted octanol–water partition coefficient (Wildman–Crippen LogP) is -0.372. The number of ether oxygens (including phenoxy) is 1. The maximum atomic E-state index is 12.3.